The molecule has 8 nitrogen and oxygen atoms in total. The van der Waals surface area contributed by atoms with Crippen molar-refractivity contribution in [2.45, 2.75) is 82.5 Å². The fourth-order valence-corrected chi connectivity index (χ4v) is 4.33. The summed E-state index contributed by atoms with van der Waals surface area (Å²) in [5.41, 5.74) is -3.92. The minimum atomic E-state index is -5.08. The molecule has 17 heteroatoms. The molecule has 2 aromatic rings. The molecule has 3 N–H and O–H groups in total. The van der Waals surface area contributed by atoms with Crippen molar-refractivity contribution in [3.63, 3.8) is 0 Å². The van der Waals surface area contributed by atoms with E-state index in [-0.39, 0.29) is 23.7 Å². The molecule has 0 spiro atoms. The Bertz CT molecular complexity index is 1290. The third-order valence-electron chi connectivity index (χ3n) is 6.88. The molecular formula is C27H32F9N5O3. The van der Waals surface area contributed by atoms with Crippen LogP contribution in [0, 0.1) is 6.92 Å². The molecule has 0 saturated heterocycles. The lowest BCUT2D eigenvalue weighted by molar-refractivity contribution is -0.192. The van der Waals surface area contributed by atoms with Gasteiger partial charge in [0, 0.05) is 37.9 Å². The molecule has 0 radical (unpaired) electrons. The summed E-state index contributed by atoms with van der Waals surface area (Å²) in [6.45, 7) is 4.56. The molecule has 0 aliphatic heterocycles. The summed E-state index contributed by atoms with van der Waals surface area (Å²) in [5.74, 6) is -2.10. The second-order valence-corrected chi connectivity index (χ2v) is 11.0. The minimum Gasteiger partial charge on any atom is -0.475 e. The Labute approximate surface area is 247 Å². The molecule has 1 aromatic heterocycles. The number of carbonyl (C=O) groups is 2. The van der Waals surface area contributed by atoms with Gasteiger partial charge in [-0.25, -0.2) is 9.78 Å². The number of alkyl halides is 9. The second kappa shape index (κ2) is 13.5. The van der Waals surface area contributed by atoms with Gasteiger partial charge in [-0.2, -0.15) is 44.5 Å². The Kier molecular flexibility index (Phi) is 11.1. The highest BCUT2D eigenvalue weighted by Gasteiger charge is 2.41. The van der Waals surface area contributed by atoms with Crippen LogP contribution in [0.1, 0.15) is 61.8 Å². The van der Waals surface area contributed by atoms with Crippen LogP contribution in [0.15, 0.2) is 24.4 Å². The molecule has 3 rings (SSSR count). The van der Waals surface area contributed by atoms with Crippen LogP contribution in [-0.2, 0) is 27.4 Å². The van der Waals surface area contributed by atoms with Gasteiger partial charge >= 0.3 is 24.5 Å². The van der Waals surface area contributed by atoms with Gasteiger partial charge in [0.15, 0.2) is 0 Å². The van der Waals surface area contributed by atoms with Gasteiger partial charge < -0.3 is 20.6 Å². The number of rotatable bonds is 6. The molecule has 1 aromatic carbocycles. The maximum Gasteiger partial charge on any atom is 0.490 e. The van der Waals surface area contributed by atoms with Crippen molar-refractivity contribution in [3.8, 4) is 0 Å². The fourth-order valence-electron chi connectivity index (χ4n) is 4.33. The average molecular weight is 646 g/mol. The number of hydrogen-bond acceptors (Lipinski definition) is 6. The summed E-state index contributed by atoms with van der Waals surface area (Å²) in [6, 6.07) is 1.09. The first-order valence-electron chi connectivity index (χ1n) is 13.1. The van der Waals surface area contributed by atoms with Gasteiger partial charge in [-0.05, 0) is 70.2 Å². The fraction of sp³-hybridized carbons (Fsp3) is 0.556. The third-order valence-corrected chi connectivity index (χ3v) is 6.88. The number of anilines is 2. The zero-order chi connectivity index (χ0) is 33.8. The van der Waals surface area contributed by atoms with E-state index in [0.717, 1.165) is 11.4 Å². The zero-order valence-electron chi connectivity index (χ0n) is 24.3. The highest BCUT2D eigenvalue weighted by molar-refractivity contribution is 5.87. The molecule has 0 bridgehead atoms. The van der Waals surface area contributed by atoms with Crippen molar-refractivity contribution in [2.24, 2.45) is 0 Å². The molecule has 1 amide bonds. The number of carboxylic acids is 1. The Morgan fingerprint density at radius 1 is 0.841 bits per heavy atom. The number of nitrogens with one attached hydrogen (secondary N) is 2. The van der Waals surface area contributed by atoms with Gasteiger partial charge in [0.1, 0.15) is 5.82 Å². The summed E-state index contributed by atoms with van der Waals surface area (Å²) < 4.78 is 111. The van der Waals surface area contributed by atoms with Crippen LogP contribution in [0.5, 0.6) is 0 Å². The normalized spacial score (nSPS) is 17.7. The molecule has 1 aliphatic rings. The van der Waals surface area contributed by atoms with Crippen molar-refractivity contribution < 1.29 is 54.2 Å². The number of benzene rings is 1. The lowest BCUT2D eigenvalue weighted by Gasteiger charge is -2.33. The molecule has 44 heavy (non-hydrogen) atoms. The smallest absolute Gasteiger partial charge is 0.475 e. The van der Waals surface area contributed by atoms with E-state index in [0.29, 0.717) is 43.8 Å². The lowest BCUT2D eigenvalue weighted by Crippen LogP contribution is -2.47. The number of aromatic nitrogens is 2. The monoisotopic (exact) mass is 645 g/mol. The number of aliphatic carboxylic acids is 1. The zero-order valence-corrected chi connectivity index (χ0v) is 24.3. The number of carboxylic acid groups (broad SMARTS) is 1. The number of nitrogens with zero attached hydrogens (tertiary/aromatic N) is 3. The van der Waals surface area contributed by atoms with Gasteiger partial charge in [-0.3, -0.25) is 4.79 Å². The van der Waals surface area contributed by atoms with Crippen LogP contribution in [0.25, 0.3) is 0 Å². The Balaban J connectivity index is 0.000000860. The number of carbonyl (C=O) groups excluding carboxylic acids is 1. The van der Waals surface area contributed by atoms with Gasteiger partial charge in [0.25, 0.3) is 0 Å². The van der Waals surface area contributed by atoms with E-state index < -0.39 is 46.9 Å². The molecule has 1 fully saturated rings. The van der Waals surface area contributed by atoms with Crippen molar-refractivity contribution in [3.05, 3.63) is 46.6 Å². The molecule has 1 heterocycles. The Hall–Kier alpha value is -3.79. The van der Waals surface area contributed by atoms with Crippen LogP contribution in [-0.4, -0.2) is 59.3 Å². The van der Waals surface area contributed by atoms with Crippen molar-refractivity contribution in [2.75, 3.05) is 24.3 Å². The molecule has 246 valence electrons. The van der Waals surface area contributed by atoms with E-state index in [1.807, 2.05) is 25.9 Å². The Morgan fingerprint density at radius 3 is 1.68 bits per heavy atom. The highest BCUT2D eigenvalue weighted by atomic mass is 19.4. The van der Waals surface area contributed by atoms with Crippen molar-refractivity contribution in [1.29, 1.82) is 0 Å². The predicted octanol–water partition coefficient (Wildman–Crippen LogP) is 6.34. The van der Waals surface area contributed by atoms with E-state index in [1.54, 1.807) is 6.20 Å². The summed E-state index contributed by atoms with van der Waals surface area (Å²) in [5, 5.41) is 13.2. The van der Waals surface area contributed by atoms with Crippen LogP contribution in [0.4, 0.5) is 51.3 Å². The lowest BCUT2D eigenvalue weighted by atomic mass is 9.81. The predicted molar refractivity (Wildman–Crippen MR) is 142 cm³/mol. The highest BCUT2D eigenvalue weighted by Crippen LogP contribution is 2.39. The number of amides is 1. The number of halogens is 9. The summed E-state index contributed by atoms with van der Waals surface area (Å²) >= 11 is 0. The first-order chi connectivity index (χ1) is 19.9. The average Bonchev–Trinajstić information content (AvgIpc) is 2.89. The molecule has 0 atom stereocenters. The summed E-state index contributed by atoms with van der Waals surface area (Å²) in [7, 11) is 3.77. The Morgan fingerprint density at radius 2 is 1.27 bits per heavy atom. The van der Waals surface area contributed by atoms with Gasteiger partial charge in [-0.15, -0.1) is 0 Å². The van der Waals surface area contributed by atoms with E-state index >= 15 is 0 Å². The van der Waals surface area contributed by atoms with Crippen LogP contribution >= 0.6 is 0 Å². The first kappa shape index (κ1) is 36.4. The topological polar surface area (TPSA) is 107 Å². The second-order valence-electron chi connectivity index (χ2n) is 11.0. The van der Waals surface area contributed by atoms with E-state index in [9.17, 15) is 44.3 Å². The SMILES string of the molecule is Cc1cnc(N[C@H]2CC[C@@H](NC(=O)C(C)(C)c3cc(C(F)(F)F)cc(C(F)(F)F)c3)CC2)nc1N(C)C.O=C(O)C(F)(F)F. The van der Waals surface area contributed by atoms with E-state index in [1.165, 1.54) is 13.8 Å². The van der Waals surface area contributed by atoms with Crippen LogP contribution in [0.2, 0.25) is 0 Å². The van der Waals surface area contributed by atoms with Gasteiger partial charge in [-0.1, -0.05) is 0 Å². The van der Waals surface area contributed by atoms with E-state index in [4.69, 9.17) is 9.90 Å². The quantitative estimate of drug-likeness (QED) is 0.315. The van der Waals surface area contributed by atoms with Gasteiger partial charge in [0.2, 0.25) is 11.9 Å². The number of hydrogen-bond donors (Lipinski definition) is 3. The van der Waals surface area contributed by atoms with Crippen molar-refractivity contribution in [1.82, 2.24) is 15.3 Å². The van der Waals surface area contributed by atoms with Crippen LogP contribution < -0.4 is 15.5 Å². The van der Waals surface area contributed by atoms with Gasteiger partial charge in [0.05, 0.1) is 16.5 Å². The molecule has 1 saturated carbocycles. The standard InChI is InChI=1S/C25H31F6N5O.C2HF3O2/c1-14-13-32-22(35-20(14)36(4)5)34-19-8-6-18(7-9-19)33-21(37)23(2,3)15-10-16(24(26,27)28)12-17(11-15)25(29,30)31;3-2(4,5)1(6)7/h10-13,18-19H,6-9H2,1-5H3,(H,33,37)(H,32,34,35);(H,6,7)/t18-,19+;. The summed E-state index contributed by atoms with van der Waals surface area (Å²) in [6.07, 6.45) is -10.8. The van der Waals surface area contributed by atoms with Crippen LogP contribution in [0.3, 0.4) is 0 Å². The van der Waals surface area contributed by atoms with Crippen molar-refractivity contribution >= 4 is 23.6 Å². The maximum absolute atomic E-state index is 13.3. The number of aryl methyl sites for hydroxylation is 1. The third kappa shape index (κ3) is 9.87. The molecule has 0 unspecified atom stereocenters. The van der Waals surface area contributed by atoms with E-state index in [2.05, 4.69) is 20.6 Å². The molecule has 1 aliphatic carbocycles. The largest absolute Gasteiger partial charge is 0.490 e. The maximum atomic E-state index is 13.3. The summed E-state index contributed by atoms with van der Waals surface area (Å²) in [4.78, 5) is 32.7. The molecular weight excluding hydrogens is 613 g/mol. The minimum absolute atomic E-state index is 0.0605. The first-order valence-corrected chi connectivity index (χ1v) is 13.1.